The van der Waals surface area contributed by atoms with Gasteiger partial charge >= 0.3 is 8.80 Å². The first-order chi connectivity index (χ1) is 8.14. The van der Waals surface area contributed by atoms with Gasteiger partial charge in [0.2, 0.25) is 6.41 Å². The van der Waals surface area contributed by atoms with Crippen molar-refractivity contribution in [3.63, 3.8) is 0 Å². The molecule has 0 aliphatic carbocycles. The fourth-order valence-electron chi connectivity index (χ4n) is 1.32. The maximum absolute atomic E-state index is 5.56. The largest absolute Gasteiger partial charge is 0.503 e. The SMILES string of the molecule is COC(N)O[Si](CCCNCCN)(OC)OC. The average molecular weight is 267 g/mol. The first-order valence-corrected chi connectivity index (χ1v) is 7.54. The summed E-state index contributed by atoms with van der Waals surface area (Å²) in [5, 5.41) is 3.19. The van der Waals surface area contributed by atoms with E-state index in [0.29, 0.717) is 12.6 Å². The fraction of sp³-hybridized carbons (Fsp3) is 1.00. The first kappa shape index (κ1) is 16.9. The van der Waals surface area contributed by atoms with Crippen LogP contribution in [0.4, 0.5) is 0 Å². The lowest BCUT2D eigenvalue weighted by Gasteiger charge is -2.28. The highest BCUT2D eigenvalue weighted by molar-refractivity contribution is 6.60. The summed E-state index contributed by atoms with van der Waals surface area (Å²) in [6.45, 7) is 2.26. The third kappa shape index (κ3) is 7.06. The molecule has 0 aromatic heterocycles. The van der Waals surface area contributed by atoms with Crippen molar-refractivity contribution >= 4 is 8.80 Å². The molecule has 0 spiro atoms. The minimum absolute atomic E-state index is 0.627. The molecule has 0 saturated heterocycles. The first-order valence-electron chi connectivity index (χ1n) is 5.61. The minimum atomic E-state index is -2.71. The molecule has 0 aromatic rings. The Hall–Kier alpha value is -0.0631. The van der Waals surface area contributed by atoms with Gasteiger partial charge in [0.25, 0.3) is 0 Å². The molecule has 0 heterocycles. The van der Waals surface area contributed by atoms with E-state index in [0.717, 1.165) is 19.5 Å². The van der Waals surface area contributed by atoms with Crippen molar-refractivity contribution in [1.82, 2.24) is 5.32 Å². The normalized spacial score (nSPS) is 13.9. The highest BCUT2D eigenvalue weighted by Crippen LogP contribution is 2.16. The number of rotatable bonds is 11. The van der Waals surface area contributed by atoms with Crippen LogP contribution in [-0.2, 0) is 18.0 Å². The van der Waals surface area contributed by atoms with Gasteiger partial charge in [-0.15, -0.1) is 0 Å². The zero-order valence-electron chi connectivity index (χ0n) is 10.9. The number of nitrogens with one attached hydrogen (secondary N) is 1. The van der Waals surface area contributed by atoms with Gasteiger partial charge in [0.1, 0.15) is 0 Å². The van der Waals surface area contributed by atoms with E-state index in [9.17, 15) is 0 Å². The standard InChI is InChI=1S/C9H25N3O4Si/c1-13-9(11)16-17(14-2,15-3)8-4-6-12-7-5-10/h9,12H,4-8,10-11H2,1-3H3. The quantitative estimate of drug-likeness (QED) is 0.252. The number of nitrogens with two attached hydrogens (primary N) is 2. The van der Waals surface area contributed by atoms with Gasteiger partial charge in [-0.25, -0.2) is 0 Å². The van der Waals surface area contributed by atoms with Gasteiger partial charge in [0, 0.05) is 40.5 Å². The van der Waals surface area contributed by atoms with Crippen LogP contribution in [0.2, 0.25) is 6.04 Å². The second-order valence-electron chi connectivity index (χ2n) is 3.46. The maximum Gasteiger partial charge on any atom is 0.503 e. The molecule has 0 radical (unpaired) electrons. The molecule has 0 aliphatic rings. The van der Waals surface area contributed by atoms with E-state index in [-0.39, 0.29) is 0 Å². The highest BCUT2D eigenvalue weighted by Gasteiger charge is 2.40. The van der Waals surface area contributed by atoms with Gasteiger partial charge in [-0.05, 0) is 13.0 Å². The van der Waals surface area contributed by atoms with Crippen molar-refractivity contribution in [1.29, 1.82) is 0 Å². The molecule has 5 N–H and O–H groups in total. The summed E-state index contributed by atoms with van der Waals surface area (Å²) in [7, 11) is 1.88. The molecule has 0 bridgehead atoms. The monoisotopic (exact) mass is 267 g/mol. The Morgan fingerprint density at radius 3 is 2.29 bits per heavy atom. The number of hydrogen-bond donors (Lipinski definition) is 3. The summed E-state index contributed by atoms with van der Waals surface area (Å²) < 4.78 is 21.0. The van der Waals surface area contributed by atoms with Gasteiger partial charge in [-0.2, -0.15) is 0 Å². The van der Waals surface area contributed by atoms with Gasteiger partial charge in [0.15, 0.2) is 0 Å². The molecule has 0 amide bonds. The lowest BCUT2D eigenvalue weighted by molar-refractivity contribution is -0.0905. The summed E-state index contributed by atoms with van der Waals surface area (Å²) >= 11 is 0. The van der Waals surface area contributed by atoms with Crippen LogP contribution in [0.5, 0.6) is 0 Å². The molecule has 0 aliphatic heterocycles. The third-order valence-electron chi connectivity index (χ3n) is 2.31. The second-order valence-corrected chi connectivity index (χ2v) is 6.37. The van der Waals surface area contributed by atoms with Crippen LogP contribution < -0.4 is 16.8 Å². The lowest BCUT2D eigenvalue weighted by atomic mass is 10.5. The molecule has 0 saturated carbocycles. The fourth-order valence-corrected chi connectivity index (χ4v) is 3.27. The van der Waals surface area contributed by atoms with E-state index >= 15 is 0 Å². The van der Waals surface area contributed by atoms with Crippen LogP contribution in [0.15, 0.2) is 0 Å². The summed E-state index contributed by atoms with van der Waals surface area (Å²) in [5.74, 6) is 0. The van der Waals surface area contributed by atoms with E-state index in [4.69, 9.17) is 29.5 Å². The zero-order chi connectivity index (χ0) is 13.1. The Morgan fingerprint density at radius 1 is 1.18 bits per heavy atom. The molecule has 17 heavy (non-hydrogen) atoms. The third-order valence-corrected chi connectivity index (χ3v) is 5.11. The lowest BCUT2D eigenvalue weighted by Crippen LogP contribution is -2.49. The smallest absolute Gasteiger partial charge is 0.377 e. The maximum atomic E-state index is 5.56. The van der Waals surface area contributed by atoms with Crippen LogP contribution >= 0.6 is 0 Å². The average Bonchev–Trinajstić information content (AvgIpc) is 2.37. The summed E-state index contributed by atoms with van der Waals surface area (Å²) in [5.41, 5.74) is 10.9. The van der Waals surface area contributed by atoms with Crippen LogP contribution in [0.3, 0.4) is 0 Å². The second kappa shape index (κ2) is 9.92. The number of hydrogen-bond acceptors (Lipinski definition) is 7. The van der Waals surface area contributed by atoms with Crippen molar-refractivity contribution in [3.8, 4) is 0 Å². The Bertz CT molecular complexity index is 184. The zero-order valence-corrected chi connectivity index (χ0v) is 11.9. The summed E-state index contributed by atoms with van der Waals surface area (Å²) in [6, 6.07) is 0.675. The summed E-state index contributed by atoms with van der Waals surface area (Å²) in [4.78, 5) is 0. The molecule has 7 nitrogen and oxygen atoms in total. The van der Waals surface area contributed by atoms with Crippen LogP contribution in [0.25, 0.3) is 0 Å². The van der Waals surface area contributed by atoms with Crippen LogP contribution in [-0.4, -0.2) is 56.2 Å². The van der Waals surface area contributed by atoms with E-state index in [1.54, 1.807) is 14.2 Å². The van der Waals surface area contributed by atoms with Gasteiger partial charge < -0.3 is 29.1 Å². The Morgan fingerprint density at radius 2 is 1.82 bits per heavy atom. The molecule has 1 unspecified atom stereocenters. The van der Waals surface area contributed by atoms with Crippen molar-refractivity contribution in [2.24, 2.45) is 11.5 Å². The van der Waals surface area contributed by atoms with E-state index in [1.165, 1.54) is 7.11 Å². The Kier molecular flexibility index (Phi) is 9.88. The van der Waals surface area contributed by atoms with Crippen molar-refractivity contribution < 1.29 is 18.0 Å². The van der Waals surface area contributed by atoms with Gasteiger partial charge in [0.05, 0.1) is 0 Å². The number of methoxy groups -OCH3 is 1. The van der Waals surface area contributed by atoms with Crippen molar-refractivity contribution in [2.75, 3.05) is 41.0 Å². The molecule has 0 fully saturated rings. The molecule has 8 heteroatoms. The van der Waals surface area contributed by atoms with E-state index in [1.807, 2.05) is 0 Å². The van der Waals surface area contributed by atoms with Gasteiger partial charge in [-0.1, -0.05) is 0 Å². The molecule has 104 valence electrons. The van der Waals surface area contributed by atoms with Crippen LogP contribution in [0.1, 0.15) is 6.42 Å². The predicted octanol–water partition coefficient (Wildman–Crippen LogP) is -0.938. The summed E-state index contributed by atoms with van der Waals surface area (Å²) in [6.07, 6.45) is 0.0446. The Balaban J connectivity index is 4.02. The molecule has 0 aromatic carbocycles. The predicted molar refractivity (Wildman–Crippen MR) is 67.2 cm³/mol. The molecule has 1 atom stereocenters. The van der Waals surface area contributed by atoms with Gasteiger partial charge in [-0.3, -0.25) is 5.73 Å². The highest BCUT2D eigenvalue weighted by atomic mass is 28.4. The molecular weight excluding hydrogens is 242 g/mol. The van der Waals surface area contributed by atoms with E-state index < -0.39 is 15.2 Å². The van der Waals surface area contributed by atoms with Crippen LogP contribution in [0, 0.1) is 0 Å². The molecular formula is C9H25N3O4Si. The number of ether oxygens (including phenoxy) is 1. The van der Waals surface area contributed by atoms with E-state index in [2.05, 4.69) is 5.32 Å². The Labute approximate surface area is 104 Å². The van der Waals surface area contributed by atoms with Crippen molar-refractivity contribution in [3.05, 3.63) is 0 Å². The topological polar surface area (TPSA) is 101 Å². The minimum Gasteiger partial charge on any atom is -0.377 e. The molecule has 0 rings (SSSR count). The van der Waals surface area contributed by atoms with Crippen molar-refractivity contribution in [2.45, 2.75) is 18.9 Å².